The fourth-order valence-electron chi connectivity index (χ4n) is 4.82. The van der Waals surface area contributed by atoms with Crippen LogP contribution in [0.5, 0.6) is 0 Å². The number of nitrogens with one attached hydrogen (secondary N) is 2. The summed E-state index contributed by atoms with van der Waals surface area (Å²) in [6.07, 6.45) is 7.50. The highest BCUT2D eigenvalue weighted by Crippen LogP contribution is 2.27. The third kappa shape index (κ3) is 5.58. The quantitative estimate of drug-likeness (QED) is 0.575. The van der Waals surface area contributed by atoms with Crippen molar-refractivity contribution in [3.63, 3.8) is 0 Å². The molecule has 0 aromatic carbocycles. The van der Waals surface area contributed by atoms with E-state index < -0.39 is 6.10 Å². The minimum Gasteiger partial charge on any atom is -0.392 e. The summed E-state index contributed by atoms with van der Waals surface area (Å²) in [6, 6.07) is 0.230. The van der Waals surface area contributed by atoms with Crippen molar-refractivity contribution in [3.8, 4) is 0 Å². The molecule has 3 rings (SSSR count). The van der Waals surface area contributed by atoms with E-state index in [0.717, 1.165) is 25.7 Å². The summed E-state index contributed by atoms with van der Waals surface area (Å²) in [6.45, 7) is 2.91. The number of aliphatic hydroxyl groups excluding tert-OH is 1. The number of rotatable bonds is 6. The number of piperidine rings is 1. The van der Waals surface area contributed by atoms with Crippen molar-refractivity contribution < 1.29 is 19.4 Å². The maximum absolute atomic E-state index is 12.9. The molecule has 1 aliphatic carbocycles. The second kappa shape index (κ2) is 10.4. The van der Waals surface area contributed by atoms with Crippen LogP contribution in [0.1, 0.15) is 51.4 Å². The fourth-order valence-corrected chi connectivity index (χ4v) is 4.82. The van der Waals surface area contributed by atoms with Gasteiger partial charge in [0.05, 0.1) is 18.8 Å². The molecule has 0 aromatic heterocycles. The minimum absolute atomic E-state index is 0.0523. The van der Waals surface area contributed by atoms with E-state index in [1.54, 1.807) is 7.11 Å². The SMILES string of the molecule is COCCNC(=O)N1CCC(N2CC(O)CC2C(=O)NC2CCCCC2)CC1. The van der Waals surface area contributed by atoms with Crippen LogP contribution >= 0.6 is 0 Å². The van der Waals surface area contributed by atoms with Gasteiger partial charge in [0.25, 0.3) is 0 Å². The zero-order chi connectivity index (χ0) is 19.9. The number of hydrogen-bond donors (Lipinski definition) is 3. The molecule has 0 radical (unpaired) electrons. The normalized spacial score (nSPS) is 27.7. The zero-order valence-corrected chi connectivity index (χ0v) is 17.1. The number of carbonyl (C=O) groups is 2. The molecule has 2 aliphatic heterocycles. The summed E-state index contributed by atoms with van der Waals surface area (Å²) in [5, 5.41) is 16.3. The van der Waals surface area contributed by atoms with E-state index in [1.165, 1.54) is 19.3 Å². The first-order valence-electron chi connectivity index (χ1n) is 10.8. The van der Waals surface area contributed by atoms with Crippen LogP contribution in [0.3, 0.4) is 0 Å². The molecule has 160 valence electrons. The number of carbonyl (C=O) groups excluding carboxylic acids is 2. The number of nitrogens with zero attached hydrogens (tertiary/aromatic N) is 2. The minimum atomic E-state index is -0.447. The van der Waals surface area contributed by atoms with Crippen LogP contribution in [-0.4, -0.2) is 91.0 Å². The highest BCUT2D eigenvalue weighted by Gasteiger charge is 2.41. The maximum atomic E-state index is 12.9. The molecule has 8 heteroatoms. The van der Waals surface area contributed by atoms with Crippen molar-refractivity contribution in [3.05, 3.63) is 0 Å². The molecule has 3 amide bonds. The first-order valence-corrected chi connectivity index (χ1v) is 10.8. The molecular formula is C20H36N4O4. The van der Waals surface area contributed by atoms with Crippen LogP contribution < -0.4 is 10.6 Å². The molecule has 1 saturated carbocycles. The van der Waals surface area contributed by atoms with Gasteiger partial charge in [-0.1, -0.05) is 19.3 Å². The van der Waals surface area contributed by atoms with Gasteiger partial charge in [-0.15, -0.1) is 0 Å². The van der Waals surface area contributed by atoms with Crippen molar-refractivity contribution >= 4 is 11.9 Å². The van der Waals surface area contributed by atoms with Crippen molar-refractivity contribution in [1.82, 2.24) is 20.4 Å². The van der Waals surface area contributed by atoms with Gasteiger partial charge in [0.2, 0.25) is 5.91 Å². The Morgan fingerprint density at radius 3 is 2.50 bits per heavy atom. The summed E-state index contributed by atoms with van der Waals surface area (Å²) in [5.41, 5.74) is 0. The zero-order valence-electron chi connectivity index (χ0n) is 17.1. The first kappa shape index (κ1) is 21.3. The van der Waals surface area contributed by atoms with Gasteiger partial charge in [-0.25, -0.2) is 4.79 Å². The number of β-amino-alcohol motifs (C(OH)–C–C–N with tert-alkyl or cyclic N) is 1. The number of urea groups is 1. The lowest BCUT2D eigenvalue weighted by Gasteiger charge is -2.39. The van der Waals surface area contributed by atoms with Gasteiger partial charge in [0.1, 0.15) is 0 Å². The van der Waals surface area contributed by atoms with E-state index in [9.17, 15) is 14.7 Å². The lowest BCUT2D eigenvalue weighted by atomic mass is 9.95. The van der Waals surface area contributed by atoms with Gasteiger partial charge in [0, 0.05) is 45.4 Å². The van der Waals surface area contributed by atoms with Gasteiger partial charge in [-0.3, -0.25) is 9.69 Å². The van der Waals surface area contributed by atoms with Crippen LogP contribution in [0.25, 0.3) is 0 Å². The van der Waals surface area contributed by atoms with Gasteiger partial charge < -0.3 is 25.4 Å². The van der Waals surface area contributed by atoms with Crippen molar-refractivity contribution in [1.29, 1.82) is 0 Å². The highest BCUT2D eigenvalue weighted by molar-refractivity contribution is 5.82. The summed E-state index contributed by atoms with van der Waals surface area (Å²) >= 11 is 0. The summed E-state index contributed by atoms with van der Waals surface area (Å²) in [7, 11) is 1.61. The number of amides is 3. The number of ether oxygens (including phenoxy) is 1. The Morgan fingerprint density at radius 1 is 1.11 bits per heavy atom. The lowest BCUT2D eigenvalue weighted by Crippen LogP contribution is -2.54. The van der Waals surface area contributed by atoms with Gasteiger partial charge in [-0.2, -0.15) is 0 Å². The maximum Gasteiger partial charge on any atom is 0.317 e. The Bertz CT molecular complexity index is 518. The molecular weight excluding hydrogens is 360 g/mol. The van der Waals surface area contributed by atoms with E-state index >= 15 is 0 Å². The Labute approximate surface area is 168 Å². The van der Waals surface area contributed by atoms with Crippen LogP contribution in [0.4, 0.5) is 4.79 Å². The third-order valence-corrected chi connectivity index (χ3v) is 6.37. The van der Waals surface area contributed by atoms with Gasteiger partial charge in [0.15, 0.2) is 0 Å². The average molecular weight is 397 g/mol. The molecule has 2 atom stereocenters. The third-order valence-electron chi connectivity index (χ3n) is 6.37. The van der Waals surface area contributed by atoms with E-state index in [-0.39, 0.29) is 24.0 Å². The van der Waals surface area contributed by atoms with Crippen LogP contribution in [0.15, 0.2) is 0 Å². The van der Waals surface area contributed by atoms with E-state index in [0.29, 0.717) is 45.2 Å². The molecule has 3 aliphatic rings. The highest BCUT2D eigenvalue weighted by atomic mass is 16.5. The second-order valence-electron chi connectivity index (χ2n) is 8.39. The Morgan fingerprint density at radius 2 is 1.82 bits per heavy atom. The monoisotopic (exact) mass is 396 g/mol. The smallest absolute Gasteiger partial charge is 0.317 e. The van der Waals surface area contributed by atoms with E-state index in [2.05, 4.69) is 15.5 Å². The van der Waals surface area contributed by atoms with Gasteiger partial charge >= 0.3 is 6.03 Å². The Balaban J connectivity index is 1.49. The molecule has 0 aromatic rings. The van der Waals surface area contributed by atoms with Gasteiger partial charge in [-0.05, 0) is 32.1 Å². The van der Waals surface area contributed by atoms with Crippen LogP contribution in [-0.2, 0) is 9.53 Å². The standard InChI is InChI=1S/C20H36N4O4/c1-28-12-9-21-20(27)23-10-7-16(8-11-23)24-14-17(25)13-18(24)19(26)22-15-5-3-2-4-6-15/h15-18,25H,2-14H2,1H3,(H,21,27)(H,22,26). The molecule has 2 saturated heterocycles. The lowest BCUT2D eigenvalue weighted by molar-refractivity contribution is -0.127. The summed E-state index contributed by atoms with van der Waals surface area (Å²) in [4.78, 5) is 29.1. The van der Waals surface area contributed by atoms with Crippen molar-refractivity contribution in [2.45, 2.75) is 75.6 Å². The second-order valence-corrected chi connectivity index (χ2v) is 8.39. The molecule has 28 heavy (non-hydrogen) atoms. The van der Waals surface area contributed by atoms with E-state index in [4.69, 9.17) is 4.74 Å². The number of aliphatic hydroxyl groups is 1. The molecule has 0 bridgehead atoms. The molecule has 3 N–H and O–H groups in total. The molecule has 2 unspecified atom stereocenters. The molecule has 8 nitrogen and oxygen atoms in total. The average Bonchev–Trinajstić information content (AvgIpc) is 3.11. The van der Waals surface area contributed by atoms with E-state index in [1.807, 2.05) is 4.90 Å². The topological polar surface area (TPSA) is 94.1 Å². The van der Waals surface area contributed by atoms with Crippen molar-refractivity contribution in [2.24, 2.45) is 0 Å². The summed E-state index contributed by atoms with van der Waals surface area (Å²) in [5.74, 6) is 0.0724. The Kier molecular flexibility index (Phi) is 7.93. The van der Waals surface area contributed by atoms with Crippen molar-refractivity contribution in [2.75, 3.05) is 39.9 Å². The number of likely N-dealkylation sites (tertiary alicyclic amines) is 2. The summed E-state index contributed by atoms with van der Waals surface area (Å²) < 4.78 is 4.96. The Hall–Kier alpha value is -1.38. The van der Waals surface area contributed by atoms with Crippen LogP contribution in [0.2, 0.25) is 0 Å². The largest absolute Gasteiger partial charge is 0.392 e. The predicted octanol–water partition coefficient (Wildman–Crippen LogP) is 0.691. The predicted molar refractivity (Wildman–Crippen MR) is 106 cm³/mol. The fraction of sp³-hybridized carbons (Fsp3) is 0.900. The number of hydrogen-bond acceptors (Lipinski definition) is 5. The first-order chi connectivity index (χ1) is 13.6. The molecule has 3 fully saturated rings. The number of methoxy groups -OCH3 is 1. The molecule has 0 spiro atoms. The van der Waals surface area contributed by atoms with Crippen LogP contribution in [0, 0.1) is 0 Å². The molecule has 2 heterocycles.